The van der Waals surface area contributed by atoms with Gasteiger partial charge in [-0.3, -0.25) is 9.78 Å². The normalized spacial score (nSPS) is 11.1. The second-order valence-electron chi connectivity index (χ2n) is 4.34. The van der Waals surface area contributed by atoms with E-state index in [1.807, 2.05) is 13.0 Å². The second-order valence-corrected chi connectivity index (χ2v) is 5.13. The van der Waals surface area contributed by atoms with Crippen LogP contribution < -0.4 is 10.3 Å². The van der Waals surface area contributed by atoms with E-state index in [-0.39, 0.29) is 5.56 Å². The molecule has 0 aliphatic carbocycles. The molecule has 0 fully saturated rings. The predicted octanol–water partition coefficient (Wildman–Crippen LogP) is 3.16. The largest absolute Gasteiger partial charge is 0.496 e. The molecule has 3 rings (SSSR count). The maximum Gasteiger partial charge on any atom is 0.256 e. The van der Waals surface area contributed by atoms with Gasteiger partial charge in [0.25, 0.3) is 5.56 Å². The minimum Gasteiger partial charge on any atom is -0.496 e. The molecule has 0 radical (unpaired) electrons. The van der Waals surface area contributed by atoms with Crippen LogP contribution in [0.3, 0.4) is 0 Å². The molecule has 0 amide bonds. The Bertz CT molecular complexity index is 855. The maximum absolute atomic E-state index is 12.1. The lowest BCUT2D eigenvalue weighted by Gasteiger charge is -2.11. The first-order valence-corrected chi connectivity index (χ1v) is 6.55. The van der Waals surface area contributed by atoms with Crippen LogP contribution in [0, 0.1) is 6.92 Å². The Morgan fingerprint density at radius 1 is 1.37 bits per heavy atom. The van der Waals surface area contributed by atoms with Crippen LogP contribution in [-0.2, 0) is 0 Å². The number of aromatic amines is 1. The average molecular weight is 319 g/mol. The van der Waals surface area contributed by atoms with Crippen molar-refractivity contribution in [3.63, 3.8) is 0 Å². The Labute approximate surface area is 117 Å². The van der Waals surface area contributed by atoms with Crippen molar-refractivity contribution in [2.45, 2.75) is 6.92 Å². The molecule has 0 unspecified atom stereocenters. The Balaban J connectivity index is 2.67. The zero-order valence-corrected chi connectivity index (χ0v) is 12.0. The van der Waals surface area contributed by atoms with Crippen molar-refractivity contribution in [2.75, 3.05) is 7.11 Å². The monoisotopic (exact) mass is 318 g/mol. The van der Waals surface area contributed by atoms with Gasteiger partial charge < -0.3 is 9.72 Å². The summed E-state index contributed by atoms with van der Waals surface area (Å²) in [6.45, 7) is 1.94. The van der Waals surface area contributed by atoms with Gasteiger partial charge in [-0.25, -0.2) is 0 Å². The molecule has 2 aromatic heterocycles. The van der Waals surface area contributed by atoms with Crippen LogP contribution in [0.25, 0.3) is 21.7 Å². The molecule has 2 heterocycles. The molecule has 3 aromatic rings. The van der Waals surface area contributed by atoms with Crippen LogP contribution in [0.1, 0.15) is 5.56 Å². The molecule has 1 aromatic carbocycles. The van der Waals surface area contributed by atoms with Gasteiger partial charge >= 0.3 is 0 Å². The fourth-order valence-electron chi connectivity index (χ4n) is 2.30. The number of pyridine rings is 2. The number of H-pyrrole nitrogens is 1. The van der Waals surface area contributed by atoms with Gasteiger partial charge in [0.15, 0.2) is 0 Å². The maximum atomic E-state index is 12.1. The third kappa shape index (κ3) is 1.73. The number of aromatic nitrogens is 2. The number of nitrogens with zero attached hydrogens (tertiary/aromatic N) is 1. The van der Waals surface area contributed by atoms with Crippen LogP contribution in [0.2, 0.25) is 0 Å². The average Bonchev–Trinajstić information content (AvgIpc) is 2.43. The molecule has 5 heteroatoms. The van der Waals surface area contributed by atoms with Gasteiger partial charge in [-0.1, -0.05) is 0 Å². The number of fused-ring (bicyclic) bond motifs is 3. The Hall–Kier alpha value is -1.88. The van der Waals surface area contributed by atoms with Gasteiger partial charge in [0, 0.05) is 23.2 Å². The van der Waals surface area contributed by atoms with Crippen molar-refractivity contribution in [3.05, 3.63) is 44.9 Å². The van der Waals surface area contributed by atoms with Crippen molar-refractivity contribution in [1.82, 2.24) is 9.97 Å². The second kappa shape index (κ2) is 4.35. The summed E-state index contributed by atoms with van der Waals surface area (Å²) in [5.41, 5.74) is 1.65. The first kappa shape index (κ1) is 12.2. The lowest BCUT2D eigenvalue weighted by molar-refractivity contribution is 0.412. The first-order chi connectivity index (χ1) is 9.13. The molecule has 19 heavy (non-hydrogen) atoms. The van der Waals surface area contributed by atoms with E-state index in [1.54, 1.807) is 25.6 Å². The summed E-state index contributed by atoms with van der Waals surface area (Å²) in [6.07, 6.45) is 3.32. The van der Waals surface area contributed by atoms with Gasteiger partial charge in [0.05, 0.1) is 22.5 Å². The molecule has 0 bridgehead atoms. The Morgan fingerprint density at radius 2 is 2.16 bits per heavy atom. The number of aryl methyl sites for hydroxylation is 1. The van der Waals surface area contributed by atoms with E-state index in [2.05, 4.69) is 25.9 Å². The van der Waals surface area contributed by atoms with Gasteiger partial charge in [0.2, 0.25) is 0 Å². The van der Waals surface area contributed by atoms with Crippen molar-refractivity contribution in [1.29, 1.82) is 0 Å². The summed E-state index contributed by atoms with van der Waals surface area (Å²) in [5, 5.41) is 2.35. The molecule has 0 saturated carbocycles. The molecule has 0 aliphatic rings. The minimum absolute atomic E-state index is 0.106. The standard InChI is InChI=1S/C14H11BrN2O2/c1-7-5-10(19-2)12(15)11-9-6-16-4-3-8(9)14(18)17-13(7)11/h3-6H,1-2H3,(H,17,18). The summed E-state index contributed by atoms with van der Waals surface area (Å²) >= 11 is 3.55. The molecule has 0 saturated heterocycles. The molecule has 96 valence electrons. The highest BCUT2D eigenvalue weighted by Gasteiger charge is 2.14. The van der Waals surface area contributed by atoms with E-state index < -0.39 is 0 Å². The summed E-state index contributed by atoms with van der Waals surface area (Å²) in [6, 6.07) is 3.61. The smallest absolute Gasteiger partial charge is 0.256 e. The molecule has 0 aliphatic heterocycles. The number of methoxy groups -OCH3 is 1. The number of halogens is 1. The summed E-state index contributed by atoms with van der Waals surface area (Å²) in [4.78, 5) is 19.1. The Kier molecular flexibility index (Phi) is 2.78. The molecule has 1 N–H and O–H groups in total. The van der Waals surface area contributed by atoms with E-state index in [1.165, 1.54) is 0 Å². The van der Waals surface area contributed by atoms with Gasteiger partial charge in [-0.15, -0.1) is 0 Å². The van der Waals surface area contributed by atoms with E-state index in [4.69, 9.17) is 4.74 Å². The van der Waals surface area contributed by atoms with Crippen LogP contribution in [0.15, 0.2) is 33.8 Å². The first-order valence-electron chi connectivity index (χ1n) is 5.76. The highest BCUT2D eigenvalue weighted by Crippen LogP contribution is 2.37. The van der Waals surface area contributed by atoms with Crippen LogP contribution in [-0.4, -0.2) is 17.1 Å². The van der Waals surface area contributed by atoms with E-state index in [9.17, 15) is 4.79 Å². The fourth-order valence-corrected chi connectivity index (χ4v) is 2.99. The molecule has 4 nitrogen and oxygen atoms in total. The molecular formula is C14H11BrN2O2. The van der Waals surface area contributed by atoms with Gasteiger partial charge in [-0.05, 0) is 40.5 Å². The summed E-state index contributed by atoms with van der Waals surface area (Å²) in [5.74, 6) is 0.738. The van der Waals surface area contributed by atoms with Crippen molar-refractivity contribution < 1.29 is 4.74 Å². The highest BCUT2D eigenvalue weighted by molar-refractivity contribution is 9.10. The van der Waals surface area contributed by atoms with E-state index in [0.29, 0.717) is 5.39 Å². The zero-order valence-electron chi connectivity index (χ0n) is 10.5. The van der Waals surface area contributed by atoms with Crippen LogP contribution in [0.5, 0.6) is 5.75 Å². The number of rotatable bonds is 1. The van der Waals surface area contributed by atoms with E-state index >= 15 is 0 Å². The minimum atomic E-state index is -0.106. The quantitative estimate of drug-likeness (QED) is 0.701. The number of ether oxygens (including phenoxy) is 1. The molecule has 0 spiro atoms. The molecule has 0 atom stereocenters. The van der Waals surface area contributed by atoms with Crippen molar-refractivity contribution in [2.24, 2.45) is 0 Å². The highest BCUT2D eigenvalue weighted by atomic mass is 79.9. The Morgan fingerprint density at radius 3 is 2.89 bits per heavy atom. The summed E-state index contributed by atoms with van der Waals surface area (Å²) < 4.78 is 6.18. The fraction of sp³-hybridized carbons (Fsp3) is 0.143. The third-order valence-electron chi connectivity index (χ3n) is 3.22. The van der Waals surface area contributed by atoms with Gasteiger partial charge in [0.1, 0.15) is 5.75 Å². The van der Waals surface area contributed by atoms with E-state index in [0.717, 1.165) is 32.1 Å². The number of benzene rings is 1. The van der Waals surface area contributed by atoms with Crippen molar-refractivity contribution >= 4 is 37.6 Å². The lowest BCUT2D eigenvalue weighted by Crippen LogP contribution is -2.07. The van der Waals surface area contributed by atoms with Gasteiger partial charge in [-0.2, -0.15) is 0 Å². The summed E-state index contributed by atoms with van der Waals surface area (Å²) in [7, 11) is 1.62. The predicted molar refractivity (Wildman–Crippen MR) is 78.9 cm³/mol. The number of nitrogens with one attached hydrogen (secondary N) is 1. The zero-order chi connectivity index (χ0) is 13.6. The lowest BCUT2D eigenvalue weighted by atomic mass is 10.1. The van der Waals surface area contributed by atoms with Crippen LogP contribution >= 0.6 is 15.9 Å². The number of hydrogen-bond donors (Lipinski definition) is 1. The third-order valence-corrected chi connectivity index (χ3v) is 4.01. The number of hydrogen-bond acceptors (Lipinski definition) is 3. The SMILES string of the molecule is COc1cc(C)c2[nH]c(=O)c3ccncc3c2c1Br. The van der Waals surface area contributed by atoms with Crippen molar-refractivity contribution in [3.8, 4) is 5.75 Å². The topological polar surface area (TPSA) is 55.0 Å². The molecular weight excluding hydrogens is 308 g/mol. The van der Waals surface area contributed by atoms with Crippen LogP contribution in [0.4, 0.5) is 0 Å².